The molecule has 94 valence electrons. The number of hydrogen-bond acceptors (Lipinski definition) is 0. The van der Waals surface area contributed by atoms with Gasteiger partial charge in [0.15, 0.2) is 0 Å². The Hall–Kier alpha value is 0. The molecule has 0 aromatic carbocycles. The predicted octanol–water partition coefficient (Wildman–Crippen LogP) is 6.06. The van der Waals surface area contributed by atoms with Crippen LogP contribution in [0, 0.1) is 11.3 Å². The van der Waals surface area contributed by atoms with Gasteiger partial charge in [0.25, 0.3) is 0 Å². The standard InChI is InChI=1S/C11H22.2C2H6/c1-4-6-11(7-5-2)8-10(3)9-11;2*1-2/h10H,4-9H2,1-3H3;2*1-2H3. The van der Waals surface area contributed by atoms with Gasteiger partial charge in [-0.3, -0.25) is 0 Å². The van der Waals surface area contributed by atoms with E-state index in [1.54, 1.807) is 0 Å². The van der Waals surface area contributed by atoms with Crippen molar-refractivity contribution in [1.29, 1.82) is 0 Å². The second-order valence-corrected chi connectivity index (χ2v) is 4.51. The first-order chi connectivity index (χ1) is 7.22. The summed E-state index contributed by atoms with van der Waals surface area (Å²) in [6.07, 6.45) is 8.74. The molecule has 0 aromatic rings. The van der Waals surface area contributed by atoms with Crippen molar-refractivity contribution < 1.29 is 0 Å². The normalized spacial score (nSPS) is 17.8. The van der Waals surface area contributed by atoms with E-state index in [-0.39, 0.29) is 0 Å². The molecule has 0 unspecified atom stereocenters. The van der Waals surface area contributed by atoms with Crippen molar-refractivity contribution in [1.82, 2.24) is 0 Å². The van der Waals surface area contributed by atoms with Crippen molar-refractivity contribution in [2.45, 2.75) is 87.0 Å². The van der Waals surface area contributed by atoms with Gasteiger partial charge in [-0.15, -0.1) is 0 Å². The first-order valence-electron chi connectivity index (χ1n) is 7.22. The zero-order valence-corrected chi connectivity index (χ0v) is 12.3. The van der Waals surface area contributed by atoms with E-state index in [9.17, 15) is 0 Å². The maximum Gasteiger partial charge on any atom is -0.0293 e. The minimum Gasteiger partial charge on any atom is -0.0683 e. The molecule has 0 amide bonds. The predicted molar refractivity (Wildman–Crippen MR) is 73.3 cm³/mol. The Kier molecular flexibility index (Phi) is 12.2. The van der Waals surface area contributed by atoms with E-state index in [1.165, 1.54) is 38.5 Å². The first-order valence-corrected chi connectivity index (χ1v) is 7.22. The second kappa shape index (κ2) is 10.5. The SMILES string of the molecule is CC.CC.CCCC1(CCC)CC(C)C1. The molecule has 1 aliphatic rings. The smallest absolute Gasteiger partial charge is 0.0293 e. The van der Waals surface area contributed by atoms with E-state index in [1.807, 2.05) is 27.7 Å². The average molecular weight is 214 g/mol. The molecular weight excluding hydrogens is 180 g/mol. The van der Waals surface area contributed by atoms with Crippen molar-refractivity contribution in [2.24, 2.45) is 11.3 Å². The van der Waals surface area contributed by atoms with Crippen molar-refractivity contribution in [3.8, 4) is 0 Å². The molecule has 0 aromatic heterocycles. The van der Waals surface area contributed by atoms with Gasteiger partial charge in [-0.1, -0.05) is 61.3 Å². The molecule has 0 spiro atoms. The zero-order valence-electron chi connectivity index (χ0n) is 12.3. The van der Waals surface area contributed by atoms with Gasteiger partial charge in [0.1, 0.15) is 0 Å². The Bertz CT molecular complexity index is 93.7. The summed E-state index contributed by atoms with van der Waals surface area (Å²) in [5.41, 5.74) is 0.795. The Morgan fingerprint density at radius 2 is 1.20 bits per heavy atom. The van der Waals surface area contributed by atoms with Crippen molar-refractivity contribution >= 4 is 0 Å². The summed E-state index contributed by atoms with van der Waals surface area (Å²) in [6, 6.07) is 0. The summed E-state index contributed by atoms with van der Waals surface area (Å²) in [5, 5.41) is 0. The summed E-state index contributed by atoms with van der Waals surface area (Å²) < 4.78 is 0. The van der Waals surface area contributed by atoms with Crippen LogP contribution in [0.15, 0.2) is 0 Å². The van der Waals surface area contributed by atoms with Crippen LogP contribution in [0.4, 0.5) is 0 Å². The molecule has 0 heteroatoms. The summed E-state index contributed by atoms with van der Waals surface area (Å²) in [5.74, 6) is 1.02. The topological polar surface area (TPSA) is 0 Å². The lowest BCUT2D eigenvalue weighted by Gasteiger charge is -2.47. The van der Waals surface area contributed by atoms with Gasteiger partial charge in [0.2, 0.25) is 0 Å². The van der Waals surface area contributed by atoms with Gasteiger partial charge in [-0.05, 0) is 37.0 Å². The van der Waals surface area contributed by atoms with Crippen LogP contribution in [0.3, 0.4) is 0 Å². The van der Waals surface area contributed by atoms with E-state index in [2.05, 4.69) is 20.8 Å². The van der Waals surface area contributed by atoms with Gasteiger partial charge < -0.3 is 0 Å². The van der Waals surface area contributed by atoms with E-state index in [4.69, 9.17) is 0 Å². The monoisotopic (exact) mass is 214 g/mol. The summed E-state index contributed by atoms with van der Waals surface area (Å²) in [4.78, 5) is 0. The van der Waals surface area contributed by atoms with E-state index < -0.39 is 0 Å². The lowest BCUT2D eigenvalue weighted by atomic mass is 9.58. The molecule has 0 radical (unpaired) electrons. The Labute approximate surface area is 98.9 Å². The third kappa shape index (κ3) is 6.22. The highest BCUT2D eigenvalue weighted by Crippen LogP contribution is 2.51. The van der Waals surface area contributed by atoms with Crippen molar-refractivity contribution in [3.63, 3.8) is 0 Å². The van der Waals surface area contributed by atoms with Crippen molar-refractivity contribution in [2.75, 3.05) is 0 Å². The van der Waals surface area contributed by atoms with E-state index >= 15 is 0 Å². The van der Waals surface area contributed by atoms with Crippen LogP contribution in [0.2, 0.25) is 0 Å². The largest absolute Gasteiger partial charge is 0.0683 e. The fourth-order valence-corrected chi connectivity index (χ4v) is 3.01. The molecule has 0 bridgehead atoms. The van der Waals surface area contributed by atoms with Crippen LogP contribution in [0.1, 0.15) is 87.0 Å². The molecule has 0 aliphatic heterocycles. The van der Waals surface area contributed by atoms with Gasteiger partial charge in [0.05, 0.1) is 0 Å². The van der Waals surface area contributed by atoms with Crippen LogP contribution in [0.5, 0.6) is 0 Å². The highest BCUT2D eigenvalue weighted by atomic mass is 14.4. The summed E-state index contributed by atoms with van der Waals surface area (Å²) in [6.45, 7) is 15.0. The lowest BCUT2D eigenvalue weighted by Crippen LogP contribution is -2.35. The molecule has 0 N–H and O–H groups in total. The third-order valence-corrected chi connectivity index (χ3v) is 3.12. The molecule has 0 atom stereocenters. The minimum absolute atomic E-state index is 0.795. The molecule has 1 rings (SSSR count). The van der Waals surface area contributed by atoms with E-state index in [0.29, 0.717) is 0 Å². The molecule has 0 heterocycles. The Morgan fingerprint density at radius 1 is 0.867 bits per heavy atom. The Balaban J connectivity index is 0. The lowest BCUT2D eigenvalue weighted by molar-refractivity contribution is 0.0441. The molecule has 0 nitrogen and oxygen atoms in total. The molecule has 15 heavy (non-hydrogen) atoms. The molecule has 0 saturated heterocycles. The molecule has 1 saturated carbocycles. The van der Waals surface area contributed by atoms with Gasteiger partial charge in [-0.2, -0.15) is 0 Å². The number of hydrogen-bond donors (Lipinski definition) is 0. The summed E-state index contributed by atoms with van der Waals surface area (Å²) in [7, 11) is 0. The fourth-order valence-electron chi connectivity index (χ4n) is 3.01. The van der Waals surface area contributed by atoms with Gasteiger partial charge in [0, 0.05) is 0 Å². The first kappa shape index (κ1) is 17.4. The van der Waals surface area contributed by atoms with Crippen LogP contribution >= 0.6 is 0 Å². The highest BCUT2D eigenvalue weighted by Gasteiger charge is 2.39. The molecular formula is C15H34. The van der Waals surface area contributed by atoms with Crippen LogP contribution < -0.4 is 0 Å². The second-order valence-electron chi connectivity index (χ2n) is 4.51. The van der Waals surface area contributed by atoms with Crippen LogP contribution in [-0.4, -0.2) is 0 Å². The molecule has 1 fully saturated rings. The zero-order chi connectivity index (χ0) is 12.3. The van der Waals surface area contributed by atoms with Gasteiger partial charge in [-0.25, -0.2) is 0 Å². The Morgan fingerprint density at radius 3 is 1.40 bits per heavy atom. The maximum absolute atomic E-state index is 2.39. The highest BCUT2D eigenvalue weighted by molar-refractivity contribution is 4.90. The average Bonchev–Trinajstić information content (AvgIpc) is 2.23. The molecule has 1 aliphatic carbocycles. The van der Waals surface area contributed by atoms with Crippen LogP contribution in [0.25, 0.3) is 0 Å². The number of rotatable bonds is 4. The fraction of sp³-hybridized carbons (Fsp3) is 1.00. The van der Waals surface area contributed by atoms with Gasteiger partial charge >= 0.3 is 0 Å². The minimum atomic E-state index is 0.795. The third-order valence-electron chi connectivity index (χ3n) is 3.12. The maximum atomic E-state index is 2.39. The van der Waals surface area contributed by atoms with Crippen molar-refractivity contribution in [3.05, 3.63) is 0 Å². The van der Waals surface area contributed by atoms with E-state index in [0.717, 1.165) is 11.3 Å². The quantitative estimate of drug-likeness (QED) is 0.534. The van der Waals surface area contributed by atoms with Crippen LogP contribution in [-0.2, 0) is 0 Å². The summed E-state index contributed by atoms with van der Waals surface area (Å²) >= 11 is 0.